The van der Waals surface area contributed by atoms with E-state index in [-0.39, 0.29) is 24.9 Å². The summed E-state index contributed by atoms with van der Waals surface area (Å²) < 4.78 is 35.6. The van der Waals surface area contributed by atoms with Gasteiger partial charge in [-0.2, -0.15) is 13.2 Å². The number of amides is 1. The van der Waals surface area contributed by atoms with E-state index in [1.165, 1.54) is 4.90 Å². The van der Waals surface area contributed by atoms with Crippen molar-refractivity contribution >= 4 is 23.6 Å². The third kappa shape index (κ3) is 4.84. The fourth-order valence-electron chi connectivity index (χ4n) is 1.61. The monoisotopic (exact) mass is 271 g/mol. The number of thioether (sulfide) groups is 1. The predicted molar refractivity (Wildman–Crippen MR) is 55.5 cm³/mol. The summed E-state index contributed by atoms with van der Waals surface area (Å²) in [5.74, 6) is -2.63. The van der Waals surface area contributed by atoms with E-state index in [4.69, 9.17) is 5.11 Å². The largest absolute Gasteiger partial charge is 0.481 e. The molecule has 1 fully saturated rings. The molecule has 0 unspecified atom stereocenters. The second-order valence-corrected chi connectivity index (χ2v) is 4.77. The van der Waals surface area contributed by atoms with Crippen LogP contribution in [-0.4, -0.2) is 46.2 Å². The van der Waals surface area contributed by atoms with E-state index in [0.717, 1.165) is 0 Å². The first kappa shape index (κ1) is 14.1. The first-order valence-electron chi connectivity index (χ1n) is 5.01. The van der Waals surface area contributed by atoms with Gasteiger partial charge in [0.2, 0.25) is 5.91 Å². The lowest BCUT2D eigenvalue weighted by molar-refractivity contribution is -0.145. The van der Waals surface area contributed by atoms with E-state index in [0.29, 0.717) is 12.8 Å². The standard InChI is InChI=1S/C9H12F3NO3S/c10-9(11,12)17-5-7(14)13-3-1-6(2-4-13)8(15)16/h6H,1-5H2,(H,15,16). The van der Waals surface area contributed by atoms with Gasteiger partial charge in [0.05, 0.1) is 11.7 Å². The van der Waals surface area contributed by atoms with Gasteiger partial charge in [0.15, 0.2) is 0 Å². The average Bonchev–Trinajstić information content (AvgIpc) is 2.25. The number of halogens is 3. The minimum Gasteiger partial charge on any atom is -0.481 e. The predicted octanol–water partition coefficient (Wildman–Crippen LogP) is 1.56. The van der Waals surface area contributed by atoms with Gasteiger partial charge in [-0.25, -0.2) is 0 Å². The van der Waals surface area contributed by atoms with Crippen LogP contribution in [0, 0.1) is 5.92 Å². The van der Waals surface area contributed by atoms with Gasteiger partial charge < -0.3 is 10.0 Å². The van der Waals surface area contributed by atoms with Crippen LogP contribution in [0.15, 0.2) is 0 Å². The summed E-state index contributed by atoms with van der Waals surface area (Å²) >= 11 is -0.365. The fourth-order valence-corrected chi connectivity index (χ4v) is 2.08. The molecular formula is C9H12F3NO3S. The van der Waals surface area contributed by atoms with Gasteiger partial charge in [0.1, 0.15) is 0 Å². The molecule has 0 aliphatic carbocycles. The van der Waals surface area contributed by atoms with E-state index in [9.17, 15) is 22.8 Å². The first-order chi connectivity index (χ1) is 7.79. The molecule has 1 saturated heterocycles. The number of carbonyl (C=O) groups excluding carboxylic acids is 1. The molecule has 1 aliphatic rings. The van der Waals surface area contributed by atoms with Crippen molar-refractivity contribution in [1.29, 1.82) is 0 Å². The van der Waals surface area contributed by atoms with Crippen LogP contribution in [0.25, 0.3) is 0 Å². The van der Waals surface area contributed by atoms with Crippen LogP contribution in [0.1, 0.15) is 12.8 Å². The van der Waals surface area contributed by atoms with Crippen molar-refractivity contribution in [3.8, 4) is 0 Å². The summed E-state index contributed by atoms with van der Waals surface area (Å²) in [4.78, 5) is 23.3. The topological polar surface area (TPSA) is 57.6 Å². The molecule has 1 rings (SSSR count). The highest BCUT2D eigenvalue weighted by Gasteiger charge is 2.32. The Morgan fingerprint density at radius 3 is 2.24 bits per heavy atom. The second kappa shape index (κ2) is 5.61. The number of carboxylic acid groups (broad SMARTS) is 1. The van der Waals surface area contributed by atoms with Crippen molar-refractivity contribution in [3.05, 3.63) is 0 Å². The van der Waals surface area contributed by atoms with E-state index in [2.05, 4.69) is 0 Å². The summed E-state index contributed by atoms with van der Waals surface area (Å²) in [5, 5.41) is 8.72. The number of aliphatic carboxylic acids is 1. The third-order valence-corrected chi connectivity index (χ3v) is 3.27. The Balaban J connectivity index is 2.33. The lowest BCUT2D eigenvalue weighted by atomic mass is 9.97. The van der Waals surface area contributed by atoms with Crippen molar-refractivity contribution in [2.24, 2.45) is 5.92 Å². The molecule has 1 heterocycles. The second-order valence-electron chi connectivity index (χ2n) is 3.73. The van der Waals surface area contributed by atoms with Gasteiger partial charge in [0.25, 0.3) is 0 Å². The van der Waals surface area contributed by atoms with Gasteiger partial charge in [-0.1, -0.05) is 0 Å². The van der Waals surface area contributed by atoms with Crippen LogP contribution in [0.4, 0.5) is 13.2 Å². The van der Waals surface area contributed by atoms with Crippen molar-refractivity contribution in [2.75, 3.05) is 18.8 Å². The molecule has 17 heavy (non-hydrogen) atoms. The molecule has 1 amide bonds. The number of nitrogens with zero attached hydrogens (tertiary/aromatic N) is 1. The Kier molecular flexibility index (Phi) is 4.67. The maximum absolute atomic E-state index is 11.9. The highest BCUT2D eigenvalue weighted by atomic mass is 32.2. The van der Waals surface area contributed by atoms with Crippen molar-refractivity contribution in [1.82, 2.24) is 4.90 Å². The van der Waals surface area contributed by atoms with E-state index >= 15 is 0 Å². The zero-order valence-corrected chi connectivity index (χ0v) is 9.68. The minimum absolute atomic E-state index is 0.216. The number of carbonyl (C=O) groups is 2. The highest BCUT2D eigenvalue weighted by molar-refractivity contribution is 8.00. The number of carboxylic acids is 1. The molecule has 0 bridgehead atoms. The van der Waals surface area contributed by atoms with Crippen LogP contribution in [-0.2, 0) is 9.59 Å². The number of piperidine rings is 1. The molecule has 0 saturated carbocycles. The Hall–Kier alpha value is -0.920. The lowest BCUT2D eigenvalue weighted by Gasteiger charge is -2.30. The molecule has 0 aromatic rings. The first-order valence-corrected chi connectivity index (χ1v) is 5.99. The van der Waals surface area contributed by atoms with Crippen LogP contribution >= 0.6 is 11.8 Å². The number of rotatable bonds is 3. The summed E-state index contributed by atoms with van der Waals surface area (Å²) in [7, 11) is 0. The van der Waals surface area contributed by atoms with Gasteiger partial charge >= 0.3 is 11.5 Å². The molecule has 0 radical (unpaired) electrons. The van der Waals surface area contributed by atoms with Crippen molar-refractivity contribution in [2.45, 2.75) is 18.3 Å². The molecule has 1 N–H and O–H groups in total. The molecule has 0 atom stereocenters. The summed E-state index contributed by atoms with van der Waals surface area (Å²) in [6, 6.07) is 0. The normalized spacial score (nSPS) is 18.2. The molecule has 0 aromatic carbocycles. The summed E-state index contributed by atoms with van der Waals surface area (Å²) in [5.41, 5.74) is -4.41. The zero-order valence-electron chi connectivity index (χ0n) is 8.87. The maximum Gasteiger partial charge on any atom is 0.442 e. The number of alkyl halides is 3. The Bertz CT molecular complexity index is 300. The summed E-state index contributed by atoms with van der Waals surface area (Å²) in [6.45, 7) is 0.433. The highest BCUT2D eigenvalue weighted by Crippen LogP contribution is 2.30. The third-order valence-electron chi connectivity index (χ3n) is 2.56. The maximum atomic E-state index is 11.9. The molecule has 0 spiro atoms. The molecular weight excluding hydrogens is 259 g/mol. The van der Waals surface area contributed by atoms with Gasteiger partial charge in [-0.15, -0.1) is 0 Å². The number of hydrogen-bond acceptors (Lipinski definition) is 3. The van der Waals surface area contributed by atoms with E-state index in [1.807, 2.05) is 0 Å². The van der Waals surface area contributed by atoms with Crippen LogP contribution < -0.4 is 0 Å². The van der Waals surface area contributed by atoms with Crippen LogP contribution in [0.5, 0.6) is 0 Å². The molecule has 0 aromatic heterocycles. The zero-order chi connectivity index (χ0) is 13.1. The molecule has 98 valence electrons. The SMILES string of the molecule is O=C(O)C1CCN(C(=O)CSC(F)(F)F)CC1. The smallest absolute Gasteiger partial charge is 0.442 e. The van der Waals surface area contributed by atoms with Gasteiger partial charge in [-0.05, 0) is 24.6 Å². The molecule has 8 heteroatoms. The van der Waals surface area contributed by atoms with Crippen LogP contribution in [0.3, 0.4) is 0 Å². The van der Waals surface area contributed by atoms with E-state index < -0.39 is 29.1 Å². The van der Waals surface area contributed by atoms with Crippen LogP contribution in [0.2, 0.25) is 0 Å². The number of likely N-dealkylation sites (tertiary alicyclic amines) is 1. The Morgan fingerprint density at radius 1 is 1.29 bits per heavy atom. The molecule has 4 nitrogen and oxygen atoms in total. The fraction of sp³-hybridized carbons (Fsp3) is 0.778. The number of hydrogen-bond donors (Lipinski definition) is 1. The molecule has 1 aliphatic heterocycles. The van der Waals surface area contributed by atoms with E-state index in [1.54, 1.807) is 0 Å². The Morgan fingerprint density at radius 2 is 1.82 bits per heavy atom. The quantitative estimate of drug-likeness (QED) is 0.846. The van der Waals surface area contributed by atoms with Gasteiger partial charge in [0, 0.05) is 13.1 Å². The Labute approximate surface area is 100 Å². The minimum atomic E-state index is -4.41. The van der Waals surface area contributed by atoms with Gasteiger partial charge in [-0.3, -0.25) is 9.59 Å². The van der Waals surface area contributed by atoms with Crippen molar-refractivity contribution in [3.63, 3.8) is 0 Å². The lowest BCUT2D eigenvalue weighted by Crippen LogP contribution is -2.41. The average molecular weight is 271 g/mol. The van der Waals surface area contributed by atoms with Crippen molar-refractivity contribution < 1.29 is 27.9 Å². The summed E-state index contributed by atoms with van der Waals surface area (Å²) in [6.07, 6.45) is 0.607.